The summed E-state index contributed by atoms with van der Waals surface area (Å²) in [6, 6.07) is 6.77. The number of nitrogens with zero attached hydrogens (tertiary/aromatic N) is 4. The van der Waals surface area contributed by atoms with E-state index in [0.717, 1.165) is 5.56 Å². The Morgan fingerprint density at radius 2 is 2.07 bits per heavy atom. The largest absolute Gasteiger partial charge is 0.491 e. The number of anilines is 1. The Bertz CT molecular complexity index is 1020. The van der Waals surface area contributed by atoms with Crippen LogP contribution in [0.4, 0.5) is 5.69 Å². The van der Waals surface area contributed by atoms with Gasteiger partial charge in [0.2, 0.25) is 5.88 Å². The van der Waals surface area contributed by atoms with Gasteiger partial charge < -0.3 is 20.3 Å². The molecule has 29 heavy (non-hydrogen) atoms. The Morgan fingerprint density at radius 1 is 1.28 bits per heavy atom. The molecule has 9 nitrogen and oxygen atoms in total. The van der Waals surface area contributed by atoms with E-state index in [-0.39, 0.29) is 24.2 Å². The number of aliphatic hydroxyl groups is 1. The van der Waals surface area contributed by atoms with Gasteiger partial charge in [0.25, 0.3) is 0 Å². The first-order valence-corrected chi connectivity index (χ1v) is 9.14. The molecule has 0 atom stereocenters. The predicted molar refractivity (Wildman–Crippen MR) is 109 cm³/mol. The lowest BCUT2D eigenvalue weighted by atomic mass is 10.1. The highest BCUT2D eigenvalue weighted by atomic mass is 16.5. The fraction of sp³-hybridized carbons (Fsp3) is 0.300. The number of ether oxygens (including phenoxy) is 2. The first kappa shape index (κ1) is 20.3. The van der Waals surface area contributed by atoms with Gasteiger partial charge in [0, 0.05) is 30.1 Å². The molecule has 0 unspecified atom stereocenters. The van der Waals surface area contributed by atoms with Crippen molar-refractivity contribution < 1.29 is 14.6 Å². The van der Waals surface area contributed by atoms with Crippen LogP contribution in [0.1, 0.15) is 30.8 Å². The number of hydrogen-bond donors (Lipinski definition) is 3. The zero-order chi connectivity index (χ0) is 21.0. The number of nitrogens with one attached hydrogen (secondary N) is 1. The number of aromatic nitrogens is 4. The molecule has 3 rings (SSSR count). The second-order valence-corrected chi connectivity index (χ2v) is 6.65. The van der Waals surface area contributed by atoms with Crippen molar-refractivity contribution in [3.05, 3.63) is 53.6 Å². The molecular weight excluding hydrogens is 372 g/mol. The smallest absolute Gasteiger partial charge is 0.218 e. The van der Waals surface area contributed by atoms with Crippen molar-refractivity contribution in [1.82, 2.24) is 19.7 Å². The number of benzene rings is 1. The highest BCUT2D eigenvalue weighted by Gasteiger charge is 2.17. The molecule has 2 aromatic heterocycles. The van der Waals surface area contributed by atoms with Crippen molar-refractivity contribution in [3.8, 4) is 17.4 Å². The maximum absolute atomic E-state index is 9.09. The normalized spacial score (nSPS) is 10.9. The Labute approximate surface area is 168 Å². The number of nitrogen functional groups attached to an aromatic ring is 1. The fourth-order valence-electron chi connectivity index (χ4n) is 2.71. The summed E-state index contributed by atoms with van der Waals surface area (Å²) in [6.45, 7) is 3.88. The molecule has 9 heteroatoms. The maximum atomic E-state index is 9.09. The van der Waals surface area contributed by atoms with Gasteiger partial charge in [-0.1, -0.05) is 0 Å². The monoisotopic (exact) mass is 396 g/mol. The first-order chi connectivity index (χ1) is 13.9. The number of methoxy groups -OCH3 is 1. The van der Waals surface area contributed by atoms with Crippen LogP contribution in [-0.2, 0) is 6.42 Å². The van der Waals surface area contributed by atoms with E-state index in [1.807, 2.05) is 13.8 Å². The lowest BCUT2D eigenvalue weighted by Gasteiger charge is -2.13. The molecule has 0 aliphatic carbocycles. The van der Waals surface area contributed by atoms with Crippen LogP contribution in [0.15, 0.2) is 36.7 Å². The minimum Gasteiger partial charge on any atom is -0.491 e. The zero-order valence-electron chi connectivity index (χ0n) is 16.6. The Morgan fingerprint density at radius 3 is 2.76 bits per heavy atom. The summed E-state index contributed by atoms with van der Waals surface area (Å²) in [5, 5.41) is 22.0. The van der Waals surface area contributed by atoms with E-state index < -0.39 is 0 Å². The van der Waals surface area contributed by atoms with Crippen LogP contribution in [0.5, 0.6) is 11.6 Å². The van der Waals surface area contributed by atoms with E-state index in [9.17, 15) is 0 Å². The third-order valence-electron chi connectivity index (χ3n) is 4.06. The summed E-state index contributed by atoms with van der Waals surface area (Å²) < 4.78 is 12.5. The van der Waals surface area contributed by atoms with Crippen LogP contribution in [0.3, 0.4) is 0 Å². The number of aliphatic hydroxyl groups excluding tert-OH is 1. The highest BCUT2D eigenvalue weighted by molar-refractivity contribution is 6.12. The van der Waals surface area contributed by atoms with Gasteiger partial charge in [-0.15, -0.1) is 0 Å². The quantitative estimate of drug-likeness (QED) is 0.392. The predicted octanol–water partition coefficient (Wildman–Crippen LogP) is 1.99. The maximum Gasteiger partial charge on any atom is 0.218 e. The van der Waals surface area contributed by atoms with E-state index in [2.05, 4.69) is 15.1 Å². The molecule has 0 saturated carbocycles. The highest BCUT2D eigenvalue weighted by Crippen LogP contribution is 2.24. The third kappa shape index (κ3) is 4.69. The molecule has 3 aromatic rings. The van der Waals surface area contributed by atoms with Crippen LogP contribution >= 0.6 is 0 Å². The summed E-state index contributed by atoms with van der Waals surface area (Å²) in [7, 11) is 1.49. The number of rotatable bonds is 8. The molecular formula is C20H24N6O3. The fourth-order valence-corrected chi connectivity index (χ4v) is 2.71. The van der Waals surface area contributed by atoms with Gasteiger partial charge in [0.05, 0.1) is 19.4 Å². The SMILES string of the molecule is COc1cc(-n2cc(CCO)cn2)nc(C(=N)c2cc(OC(C)C)ccc2N)n1. The van der Waals surface area contributed by atoms with Crippen LogP contribution < -0.4 is 15.2 Å². The molecule has 0 bridgehead atoms. The summed E-state index contributed by atoms with van der Waals surface area (Å²) in [6.07, 6.45) is 3.90. The van der Waals surface area contributed by atoms with Crippen molar-refractivity contribution in [2.45, 2.75) is 26.4 Å². The molecule has 4 N–H and O–H groups in total. The van der Waals surface area contributed by atoms with Gasteiger partial charge in [-0.05, 0) is 44.0 Å². The van der Waals surface area contributed by atoms with Crippen LogP contribution in [0.25, 0.3) is 5.82 Å². The van der Waals surface area contributed by atoms with E-state index in [1.165, 1.54) is 7.11 Å². The van der Waals surface area contributed by atoms with Crippen molar-refractivity contribution in [1.29, 1.82) is 5.41 Å². The minimum atomic E-state index is -0.00624. The van der Waals surface area contributed by atoms with Crippen molar-refractivity contribution in [2.75, 3.05) is 19.5 Å². The van der Waals surface area contributed by atoms with Gasteiger partial charge in [-0.25, -0.2) is 9.67 Å². The standard InChI is InChI=1S/C20H24N6O3/c1-12(2)29-14-4-5-16(21)15(8-14)19(22)20-24-17(9-18(25-20)28-3)26-11-13(6-7-27)10-23-26/h4-5,8-12,22,27H,6-7,21H2,1-3H3. The van der Waals surface area contributed by atoms with Crippen LogP contribution in [0, 0.1) is 5.41 Å². The molecule has 2 heterocycles. The summed E-state index contributed by atoms with van der Waals surface area (Å²) in [4.78, 5) is 8.75. The van der Waals surface area contributed by atoms with Crippen molar-refractivity contribution in [3.63, 3.8) is 0 Å². The van der Waals surface area contributed by atoms with Gasteiger partial charge in [0.15, 0.2) is 11.6 Å². The summed E-state index contributed by atoms with van der Waals surface area (Å²) >= 11 is 0. The van der Waals surface area contributed by atoms with Gasteiger partial charge in [-0.2, -0.15) is 10.1 Å². The molecule has 0 saturated heterocycles. The molecule has 1 aromatic carbocycles. The first-order valence-electron chi connectivity index (χ1n) is 9.14. The zero-order valence-corrected chi connectivity index (χ0v) is 16.6. The van der Waals surface area contributed by atoms with Crippen molar-refractivity contribution >= 4 is 11.4 Å². The lowest BCUT2D eigenvalue weighted by molar-refractivity contribution is 0.242. The van der Waals surface area contributed by atoms with Crippen LogP contribution in [0.2, 0.25) is 0 Å². The Hall–Kier alpha value is -3.46. The number of nitrogens with two attached hydrogens (primary N) is 1. The van der Waals surface area contributed by atoms with E-state index in [4.69, 9.17) is 25.7 Å². The summed E-state index contributed by atoms with van der Waals surface area (Å²) in [5.41, 5.74) is 7.88. The Kier molecular flexibility index (Phi) is 6.08. The van der Waals surface area contributed by atoms with Crippen LogP contribution in [-0.4, -0.2) is 50.4 Å². The molecule has 0 aliphatic rings. The minimum absolute atomic E-state index is 0.00624. The number of hydrogen-bond acceptors (Lipinski definition) is 8. The second-order valence-electron chi connectivity index (χ2n) is 6.65. The molecule has 0 spiro atoms. The molecule has 152 valence electrons. The van der Waals surface area contributed by atoms with E-state index >= 15 is 0 Å². The van der Waals surface area contributed by atoms with Gasteiger partial charge in [-0.3, -0.25) is 5.41 Å². The molecule has 0 aliphatic heterocycles. The molecule has 0 amide bonds. The van der Waals surface area contributed by atoms with Crippen molar-refractivity contribution in [2.24, 2.45) is 0 Å². The third-order valence-corrected chi connectivity index (χ3v) is 4.06. The van der Waals surface area contributed by atoms with Gasteiger partial charge in [0.1, 0.15) is 11.5 Å². The summed E-state index contributed by atoms with van der Waals surface area (Å²) in [5.74, 6) is 1.49. The topological polar surface area (TPSA) is 132 Å². The average molecular weight is 396 g/mol. The lowest BCUT2D eigenvalue weighted by Crippen LogP contribution is -2.14. The molecule has 0 radical (unpaired) electrons. The van der Waals surface area contributed by atoms with E-state index in [1.54, 1.807) is 41.3 Å². The van der Waals surface area contributed by atoms with E-state index in [0.29, 0.717) is 35.1 Å². The average Bonchev–Trinajstić information content (AvgIpc) is 3.17. The molecule has 0 fully saturated rings. The second kappa shape index (κ2) is 8.70. The van der Waals surface area contributed by atoms with Gasteiger partial charge >= 0.3 is 0 Å². The Balaban J connectivity index is 2.00.